The fourth-order valence-corrected chi connectivity index (χ4v) is 3.47. The first kappa shape index (κ1) is 16.7. The number of methoxy groups -OCH3 is 1. The van der Waals surface area contributed by atoms with Crippen molar-refractivity contribution in [3.8, 4) is 11.5 Å². The maximum Gasteiger partial charge on any atom is 0.130 e. The number of nitrogens with zero attached hydrogens (tertiary/aromatic N) is 2. The zero-order chi connectivity index (χ0) is 17.9. The van der Waals surface area contributed by atoms with Gasteiger partial charge in [0.1, 0.15) is 17.3 Å². The lowest BCUT2D eigenvalue weighted by Crippen LogP contribution is -2.25. The van der Waals surface area contributed by atoms with Crippen LogP contribution in [0.2, 0.25) is 0 Å². The van der Waals surface area contributed by atoms with Gasteiger partial charge in [-0.2, -0.15) is 0 Å². The van der Waals surface area contributed by atoms with E-state index in [-0.39, 0.29) is 6.04 Å². The third-order valence-electron chi connectivity index (χ3n) is 4.83. The summed E-state index contributed by atoms with van der Waals surface area (Å²) in [5, 5.41) is 3.66. The number of benzene rings is 2. The summed E-state index contributed by atoms with van der Waals surface area (Å²) in [5.41, 5.74) is 3.60. The molecule has 2 aromatic carbocycles. The summed E-state index contributed by atoms with van der Waals surface area (Å²) in [6.07, 6.45) is 4.77. The van der Waals surface area contributed by atoms with Gasteiger partial charge in [-0.25, -0.2) is 4.98 Å². The largest absolute Gasteiger partial charge is 0.496 e. The summed E-state index contributed by atoms with van der Waals surface area (Å²) >= 11 is 0. The van der Waals surface area contributed by atoms with Gasteiger partial charge in [0.2, 0.25) is 0 Å². The molecule has 1 aliphatic rings. The minimum absolute atomic E-state index is 0.0596. The molecule has 1 N–H and O–H groups in total. The molecule has 2 heterocycles. The molecule has 1 unspecified atom stereocenters. The minimum atomic E-state index is -0.0596. The highest BCUT2D eigenvalue weighted by Gasteiger charge is 2.21. The van der Waals surface area contributed by atoms with Crippen molar-refractivity contribution in [3.63, 3.8) is 0 Å². The Hall–Kier alpha value is -2.79. The number of hydrogen-bond donors (Lipinski definition) is 1. The van der Waals surface area contributed by atoms with Crippen LogP contribution in [0, 0.1) is 0 Å². The van der Waals surface area contributed by atoms with Crippen LogP contribution in [0.25, 0.3) is 0 Å². The van der Waals surface area contributed by atoms with Crippen molar-refractivity contribution in [2.45, 2.75) is 19.0 Å². The first-order valence-electron chi connectivity index (χ1n) is 8.84. The van der Waals surface area contributed by atoms with Gasteiger partial charge in [0.05, 0.1) is 19.8 Å². The Morgan fingerprint density at radius 3 is 2.96 bits per heavy atom. The van der Waals surface area contributed by atoms with Gasteiger partial charge in [0.25, 0.3) is 0 Å². The van der Waals surface area contributed by atoms with Crippen molar-refractivity contribution in [1.29, 1.82) is 0 Å². The van der Waals surface area contributed by atoms with Crippen LogP contribution in [-0.2, 0) is 20.0 Å². The third-order valence-corrected chi connectivity index (χ3v) is 4.83. The molecule has 1 aromatic heterocycles. The van der Waals surface area contributed by atoms with Gasteiger partial charge in [-0.3, -0.25) is 5.32 Å². The van der Waals surface area contributed by atoms with E-state index in [0.717, 1.165) is 42.5 Å². The highest BCUT2D eigenvalue weighted by Crippen LogP contribution is 2.30. The fraction of sp³-hybridized carbons (Fsp3) is 0.286. The number of hydrogen-bond acceptors (Lipinski definition) is 4. The highest BCUT2D eigenvalue weighted by atomic mass is 16.5. The molecule has 0 fully saturated rings. The molecular formula is C21H23N3O2. The Kier molecular flexibility index (Phi) is 4.63. The predicted octanol–water partition coefficient (Wildman–Crippen LogP) is 3.24. The summed E-state index contributed by atoms with van der Waals surface area (Å²) in [6, 6.07) is 14.4. The number of para-hydroxylation sites is 1. The van der Waals surface area contributed by atoms with Crippen molar-refractivity contribution in [3.05, 3.63) is 77.4 Å². The molecule has 0 aliphatic carbocycles. The summed E-state index contributed by atoms with van der Waals surface area (Å²) in [4.78, 5) is 4.56. The maximum absolute atomic E-state index is 5.60. The number of nitrogens with one attached hydrogen (secondary N) is 1. The van der Waals surface area contributed by atoms with E-state index in [1.807, 2.05) is 42.2 Å². The van der Waals surface area contributed by atoms with Crippen LogP contribution < -0.4 is 14.8 Å². The van der Waals surface area contributed by atoms with Crippen LogP contribution in [0.15, 0.2) is 54.9 Å². The molecule has 5 heteroatoms. The normalized spacial score (nSPS) is 13.9. The molecule has 0 amide bonds. The van der Waals surface area contributed by atoms with Crippen molar-refractivity contribution in [1.82, 2.24) is 14.9 Å². The molecular weight excluding hydrogens is 326 g/mol. The standard InChI is InChI=1S/C21H23N3O2/c1-24-11-10-22-21(24)20(17-5-3-4-6-19(17)25-2)23-14-15-7-8-18-16(13-15)9-12-26-18/h3-8,10-11,13,20,23H,9,12,14H2,1-2H3. The van der Waals surface area contributed by atoms with E-state index in [1.54, 1.807) is 7.11 Å². The summed E-state index contributed by atoms with van der Waals surface area (Å²) < 4.78 is 13.2. The predicted molar refractivity (Wildman–Crippen MR) is 101 cm³/mol. The van der Waals surface area contributed by atoms with Crippen molar-refractivity contribution in [2.24, 2.45) is 7.05 Å². The Bertz CT molecular complexity index is 904. The average molecular weight is 349 g/mol. The molecule has 4 rings (SSSR count). The molecule has 134 valence electrons. The lowest BCUT2D eigenvalue weighted by atomic mass is 10.0. The van der Waals surface area contributed by atoms with Crippen LogP contribution in [0.1, 0.15) is 28.6 Å². The number of fused-ring (bicyclic) bond motifs is 1. The first-order valence-corrected chi connectivity index (χ1v) is 8.84. The minimum Gasteiger partial charge on any atom is -0.496 e. The smallest absolute Gasteiger partial charge is 0.130 e. The van der Waals surface area contributed by atoms with E-state index >= 15 is 0 Å². The van der Waals surface area contributed by atoms with Gasteiger partial charge in [-0.1, -0.05) is 30.3 Å². The van der Waals surface area contributed by atoms with Gasteiger partial charge in [0.15, 0.2) is 0 Å². The van der Waals surface area contributed by atoms with Crippen LogP contribution >= 0.6 is 0 Å². The second-order valence-electron chi connectivity index (χ2n) is 6.49. The van der Waals surface area contributed by atoms with Crippen LogP contribution in [0.4, 0.5) is 0 Å². The van der Waals surface area contributed by atoms with Gasteiger partial charge in [0, 0.05) is 38.0 Å². The lowest BCUT2D eigenvalue weighted by Gasteiger charge is -2.21. The van der Waals surface area contributed by atoms with Crippen molar-refractivity contribution in [2.75, 3.05) is 13.7 Å². The van der Waals surface area contributed by atoms with E-state index < -0.39 is 0 Å². The number of ether oxygens (including phenoxy) is 2. The molecule has 26 heavy (non-hydrogen) atoms. The SMILES string of the molecule is COc1ccccc1C(NCc1ccc2c(c1)CCO2)c1nccn1C. The number of imidazole rings is 1. The van der Waals surface area contributed by atoms with Gasteiger partial charge >= 0.3 is 0 Å². The number of aryl methyl sites for hydroxylation is 1. The highest BCUT2D eigenvalue weighted by molar-refractivity contribution is 5.41. The quantitative estimate of drug-likeness (QED) is 0.742. The molecule has 0 saturated heterocycles. The van der Waals surface area contributed by atoms with Crippen LogP contribution in [0.3, 0.4) is 0 Å². The van der Waals surface area contributed by atoms with Crippen LogP contribution in [-0.4, -0.2) is 23.3 Å². The van der Waals surface area contributed by atoms with Gasteiger partial charge in [-0.05, 0) is 23.3 Å². The Morgan fingerprint density at radius 1 is 1.27 bits per heavy atom. The van der Waals surface area contributed by atoms with E-state index in [1.165, 1.54) is 11.1 Å². The van der Waals surface area contributed by atoms with E-state index in [4.69, 9.17) is 9.47 Å². The zero-order valence-electron chi connectivity index (χ0n) is 15.1. The van der Waals surface area contributed by atoms with Crippen LogP contribution in [0.5, 0.6) is 11.5 Å². The van der Waals surface area contributed by atoms with E-state index in [9.17, 15) is 0 Å². The molecule has 1 atom stereocenters. The number of aromatic nitrogens is 2. The first-order chi connectivity index (χ1) is 12.8. The Morgan fingerprint density at radius 2 is 2.15 bits per heavy atom. The van der Waals surface area contributed by atoms with Gasteiger partial charge < -0.3 is 14.0 Å². The topological polar surface area (TPSA) is 48.3 Å². The average Bonchev–Trinajstić information content (AvgIpc) is 3.31. The van der Waals surface area contributed by atoms with Crippen molar-refractivity contribution < 1.29 is 9.47 Å². The second kappa shape index (κ2) is 7.22. The van der Waals surface area contributed by atoms with Gasteiger partial charge in [-0.15, -0.1) is 0 Å². The summed E-state index contributed by atoms with van der Waals surface area (Å²) in [6.45, 7) is 1.52. The van der Waals surface area contributed by atoms with Crippen molar-refractivity contribution >= 4 is 0 Å². The Balaban J connectivity index is 1.62. The monoisotopic (exact) mass is 349 g/mol. The second-order valence-corrected chi connectivity index (χ2v) is 6.49. The Labute approximate surface area is 153 Å². The molecule has 1 aliphatic heterocycles. The molecule has 0 radical (unpaired) electrons. The summed E-state index contributed by atoms with van der Waals surface area (Å²) in [7, 11) is 3.72. The van der Waals surface area contributed by atoms with E-state index in [2.05, 4.69) is 34.6 Å². The molecule has 3 aromatic rings. The number of rotatable bonds is 6. The molecule has 0 saturated carbocycles. The summed E-state index contributed by atoms with van der Waals surface area (Å²) in [5.74, 6) is 2.83. The fourth-order valence-electron chi connectivity index (χ4n) is 3.47. The molecule has 0 bridgehead atoms. The maximum atomic E-state index is 5.60. The molecule has 5 nitrogen and oxygen atoms in total. The third kappa shape index (κ3) is 3.18. The van der Waals surface area contributed by atoms with E-state index in [0.29, 0.717) is 0 Å². The zero-order valence-corrected chi connectivity index (χ0v) is 15.1. The molecule has 0 spiro atoms. The lowest BCUT2D eigenvalue weighted by molar-refractivity contribution is 0.357.